The van der Waals surface area contributed by atoms with Gasteiger partial charge >= 0.3 is 0 Å². The summed E-state index contributed by atoms with van der Waals surface area (Å²) in [7, 11) is 2.25. The SMILES string of the molecule is CN1CCCC(c2ccccc2CCCCN)CC1. The van der Waals surface area contributed by atoms with Gasteiger partial charge in [0.1, 0.15) is 0 Å². The van der Waals surface area contributed by atoms with E-state index in [1.54, 1.807) is 11.1 Å². The molecule has 1 aliphatic rings. The predicted octanol–water partition coefficient (Wildman–Crippen LogP) is 3.17. The first-order valence-corrected chi connectivity index (χ1v) is 7.77. The molecule has 1 heterocycles. The van der Waals surface area contributed by atoms with Crippen molar-refractivity contribution < 1.29 is 0 Å². The maximum absolute atomic E-state index is 5.60. The summed E-state index contributed by atoms with van der Waals surface area (Å²) in [5.41, 5.74) is 8.77. The van der Waals surface area contributed by atoms with Crippen LogP contribution in [0.4, 0.5) is 0 Å². The molecule has 2 N–H and O–H groups in total. The maximum atomic E-state index is 5.60. The summed E-state index contributed by atoms with van der Waals surface area (Å²) in [5, 5.41) is 0. The topological polar surface area (TPSA) is 29.3 Å². The number of aryl methyl sites for hydroxylation is 1. The third-order valence-corrected chi connectivity index (χ3v) is 4.35. The van der Waals surface area contributed by atoms with Gasteiger partial charge in [-0.05, 0) is 82.3 Å². The Morgan fingerprint density at radius 1 is 1.16 bits per heavy atom. The Balaban J connectivity index is 2.05. The van der Waals surface area contributed by atoms with Crippen molar-refractivity contribution in [2.45, 2.75) is 44.4 Å². The standard InChI is InChI=1S/C17H28N2/c1-19-13-6-9-16(11-14-19)17-10-3-2-7-15(17)8-4-5-12-18/h2-3,7,10,16H,4-6,8-9,11-14,18H2,1H3. The number of hydrogen-bond acceptors (Lipinski definition) is 2. The molecule has 1 saturated heterocycles. The van der Waals surface area contributed by atoms with Gasteiger partial charge in [-0.3, -0.25) is 0 Å². The highest BCUT2D eigenvalue weighted by atomic mass is 15.1. The Kier molecular flexibility index (Phi) is 5.87. The number of benzene rings is 1. The third-order valence-electron chi connectivity index (χ3n) is 4.35. The van der Waals surface area contributed by atoms with E-state index in [4.69, 9.17) is 5.73 Å². The van der Waals surface area contributed by atoms with Crippen LogP contribution in [-0.2, 0) is 6.42 Å². The monoisotopic (exact) mass is 260 g/mol. The lowest BCUT2D eigenvalue weighted by Crippen LogP contribution is -2.18. The van der Waals surface area contributed by atoms with Crippen molar-refractivity contribution in [2.24, 2.45) is 5.73 Å². The van der Waals surface area contributed by atoms with Crippen molar-refractivity contribution in [3.05, 3.63) is 35.4 Å². The van der Waals surface area contributed by atoms with Crippen LogP contribution in [0.15, 0.2) is 24.3 Å². The van der Waals surface area contributed by atoms with Gasteiger partial charge in [0.15, 0.2) is 0 Å². The molecule has 0 spiro atoms. The van der Waals surface area contributed by atoms with Gasteiger partial charge in [0.2, 0.25) is 0 Å². The normalized spacial score (nSPS) is 21.3. The fourth-order valence-electron chi connectivity index (χ4n) is 3.17. The Morgan fingerprint density at radius 3 is 2.84 bits per heavy atom. The van der Waals surface area contributed by atoms with E-state index in [0.717, 1.165) is 18.9 Å². The average Bonchev–Trinajstić information content (AvgIpc) is 2.64. The summed E-state index contributed by atoms with van der Waals surface area (Å²) in [6, 6.07) is 9.06. The second-order valence-corrected chi connectivity index (χ2v) is 5.88. The van der Waals surface area contributed by atoms with Gasteiger partial charge in [-0.1, -0.05) is 24.3 Å². The largest absolute Gasteiger partial charge is 0.330 e. The summed E-state index contributed by atoms with van der Waals surface area (Å²) in [6.45, 7) is 3.31. The van der Waals surface area contributed by atoms with Gasteiger partial charge in [0, 0.05) is 0 Å². The number of rotatable bonds is 5. The molecule has 2 rings (SSSR count). The zero-order valence-corrected chi connectivity index (χ0v) is 12.3. The number of likely N-dealkylation sites (tertiary alicyclic amines) is 1. The van der Waals surface area contributed by atoms with E-state index in [9.17, 15) is 0 Å². The second-order valence-electron chi connectivity index (χ2n) is 5.88. The molecule has 0 saturated carbocycles. The molecule has 1 aromatic carbocycles. The van der Waals surface area contributed by atoms with Gasteiger partial charge < -0.3 is 10.6 Å². The minimum Gasteiger partial charge on any atom is -0.330 e. The smallest absolute Gasteiger partial charge is 0.00160 e. The van der Waals surface area contributed by atoms with Gasteiger partial charge in [-0.25, -0.2) is 0 Å². The Bertz CT molecular complexity index is 375. The number of nitrogens with zero attached hydrogens (tertiary/aromatic N) is 1. The zero-order chi connectivity index (χ0) is 13.5. The third kappa shape index (κ3) is 4.32. The molecule has 0 aromatic heterocycles. The highest BCUT2D eigenvalue weighted by molar-refractivity contribution is 5.30. The quantitative estimate of drug-likeness (QED) is 0.824. The molecule has 0 aliphatic carbocycles. The van der Waals surface area contributed by atoms with Crippen molar-refractivity contribution in [1.29, 1.82) is 0 Å². The first kappa shape index (κ1) is 14.5. The molecule has 0 bridgehead atoms. The van der Waals surface area contributed by atoms with Crippen LogP contribution in [0.25, 0.3) is 0 Å². The van der Waals surface area contributed by atoms with Crippen molar-refractivity contribution in [3.63, 3.8) is 0 Å². The molecule has 1 aliphatic heterocycles. The predicted molar refractivity (Wildman–Crippen MR) is 82.5 cm³/mol. The first-order chi connectivity index (χ1) is 9.31. The van der Waals surface area contributed by atoms with Crippen LogP contribution in [0.3, 0.4) is 0 Å². The fraction of sp³-hybridized carbons (Fsp3) is 0.647. The fourth-order valence-corrected chi connectivity index (χ4v) is 3.17. The Labute approximate surface area is 118 Å². The minimum absolute atomic E-state index is 0.763. The molecule has 19 heavy (non-hydrogen) atoms. The molecule has 0 radical (unpaired) electrons. The first-order valence-electron chi connectivity index (χ1n) is 7.77. The van der Waals surface area contributed by atoms with Gasteiger partial charge in [-0.15, -0.1) is 0 Å². The van der Waals surface area contributed by atoms with E-state index in [1.165, 1.54) is 45.2 Å². The Morgan fingerprint density at radius 2 is 2.00 bits per heavy atom. The van der Waals surface area contributed by atoms with E-state index in [2.05, 4.69) is 36.2 Å². The summed E-state index contributed by atoms with van der Waals surface area (Å²) < 4.78 is 0. The summed E-state index contributed by atoms with van der Waals surface area (Å²) in [5.74, 6) is 0.763. The maximum Gasteiger partial charge on any atom is -0.00160 e. The number of nitrogens with two attached hydrogens (primary N) is 1. The molecule has 1 atom stereocenters. The molecule has 2 nitrogen and oxygen atoms in total. The lowest BCUT2D eigenvalue weighted by Gasteiger charge is -2.19. The molecule has 1 aromatic rings. The van der Waals surface area contributed by atoms with Crippen molar-refractivity contribution in [2.75, 3.05) is 26.7 Å². The lowest BCUT2D eigenvalue weighted by atomic mass is 9.87. The van der Waals surface area contributed by atoms with Crippen LogP contribution in [0.1, 0.15) is 49.1 Å². The van der Waals surface area contributed by atoms with Crippen LogP contribution < -0.4 is 5.73 Å². The van der Waals surface area contributed by atoms with Crippen molar-refractivity contribution >= 4 is 0 Å². The second kappa shape index (κ2) is 7.66. The summed E-state index contributed by atoms with van der Waals surface area (Å²) >= 11 is 0. The average molecular weight is 260 g/mol. The molecule has 0 amide bonds. The minimum atomic E-state index is 0.763. The van der Waals surface area contributed by atoms with E-state index >= 15 is 0 Å². The van der Waals surface area contributed by atoms with Crippen molar-refractivity contribution in [1.82, 2.24) is 4.90 Å². The molecular weight excluding hydrogens is 232 g/mol. The van der Waals surface area contributed by atoms with Crippen LogP contribution >= 0.6 is 0 Å². The van der Waals surface area contributed by atoms with Crippen LogP contribution in [0, 0.1) is 0 Å². The highest BCUT2D eigenvalue weighted by Crippen LogP contribution is 2.30. The van der Waals surface area contributed by atoms with Gasteiger partial charge in [0.25, 0.3) is 0 Å². The summed E-state index contributed by atoms with van der Waals surface area (Å²) in [4.78, 5) is 2.47. The lowest BCUT2D eigenvalue weighted by molar-refractivity contribution is 0.347. The molecule has 106 valence electrons. The number of hydrogen-bond donors (Lipinski definition) is 1. The van der Waals surface area contributed by atoms with Gasteiger partial charge in [0.05, 0.1) is 0 Å². The highest BCUT2D eigenvalue weighted by Gasteiger charge is 2.18. The van der Waals surface area contributed by atoms with E-state index in [-0.39, 0.29) is 0 Å². The molecule has 1 unspecified atom stereocenters. The zero-order valence-electron chi connectivity index (χ0n) is 12.3. The van der Waals surface area contributed by atoms with Crippen LogP contribution in [-0.4, -0.2) is 31.6 Å². The van der Waals surface area contributed by atoms with E-state index in [1.807, 2.05) is 0 Å². The molecule has 2 heteroatoms. The Hall–Kier alpha value is -0.860. The summed E-state index contributed by atoms with van der Waals surface area (Å²) in [6.07, 6.45) is 7.54. The molecule has 1 fully saturated rings. The molecular formula is C17H28N2. The van der Waals surface area contributed by atoms with Crippen LogP contribution in [0.2, 0.25) is 0 Å². The van der Waals surface area contributed by atoms with E-state index in [0.29, 0.717) is 0 Å². The van der Waals surface area contributed by atoms with Crippen molar-refractivity contribution in [3.8, 4) is 0 Å². The van der Waals surface area contributed by atoms with Gasteiger partial charge in [-0.2, -0.15) is 0 Å². The van der Waals surface area contributed by atoms with Crippen LogP contribution in [0.5, 0.6) is 0 Å². The van der Waals surface area contributed by atoms with E-state index < -0.39 is 0 Å². The number of unbranched alkanes of at least 4 members (excludes halogenated alkanes) is 1.